The Morgan fingerprint density at radius 2 is 0.489 bits per heavy atom. The van der Waals surface area contributed by atoms with Gasteiger partial charge in [0.15, 0.2) is 0 Å². The van der Waals surface area contributed by atoms with Crippen LogP contribution in [0.25, 0.3) is 82.5 Å². The lowest BCUT2D eigenvalue weighted by Crippen LogP contribution is -1.97. The molecule has 0 saturated carbocycles. The highest BCUT2D eigenvalue weighted by Gasteiger charge is 2.17. The first-order valence-electron chi connectivity index (χ1n) is 15.5. The third-order valence-corrected chi connectivity index (χ3v) is 9.44. The zero-order valence-electron chi connectivity index (χ0n) is 24.4. The summed E-state index contributed by atoms with van der Waals surface area (Å²) in [6, 6.07) is 59.4. The minimum atomic E-state index is 1.15. The van der Waals surface area contributed by atoms with Crippen molar-refractivity contribution < 1.29 is 0 Å². The average molecular weight is 574 g/mol. The molecule has 3 heterocycles. The fraction of sp³-hybridized carbons (Fsp3) is 0. The van der Waals surface area contributed by atoms with Crippen molar-refractivity contribution in [3.8, 4) is 17.1 Å². The Hall–Kier alpha value is -6.06. The van der Waals surface area contributed by atoms with Gasteiger partial charge in [-0.3, -0.25) is 0 Å². The SMILES string of the molecule is c1ccc2c(c1)c1ccccc1n2-c1ccc(-n2c3ccccc3c3cc(-n4c5ccccc5c5ccccc54)ccc32)cc1. The van der Waals surface area contributed by atoms with Crippen LogP contribution in [0, 0.1) is 0 Å². The zero-order valence-corrected chi connectivity index (χ0v) is 24.4. The normalized spacial score (nSPS) is 12.0. The third-order valence-electron chi connectivity index (χ3n) is 9.44. The van der Waals surface area contributed by atoms with Crippen LogP contribution in [0.1, 0.15) is 0 Å². The minimum absolute atomic E-state index is 1.15. The summed E-state index contributed by atoms with van der Waals surface area (Å²) in [5, 5.41) is 7.60. The van der Waals surface area contributed by atoms with Crippen LogP contribution in [0.5, 0.6) is 0 Å². The van der Waals surface area contributed by atoms with Crippen molar-refractivity contribution in [3.05, 3.63) is 164 Å². The van der Waals surface area contributed by atoms with Crippen LogP contribution >= 0.6 is 0 Å². The highest BCUT2D eigenvalue weighted by molar-refractivity contribution is 6.12. The molecular weight excluding hydrogens is 546 g/mol. The summed E-state index contributed by atoms with van der Waals surface area (Å²) in [5.74, 6) is 0. The van der Waals surface area contributed by atoms with Crippen LogP contribution in [-0.2, 0) is 0 Å². The first kappa shape index (κ1) is 24.4. The molecule has 210 valence electrons. The van der Waals surface area contributed by atoms with E-state index in [2.05, 4.69) is 177 Å². The van der Waals surface area contributed by atoms with Gasteiger partial charge >= 0.3 is 0 Å². The maximum Gasteiger partial charge on any atom is 0.0542 e. The molecule has 0 saturated heterocycles. The van der Waals surface area contributed by atoms with E-state index >= 15 is 0 Å². The van der Waals surface area contributed by atoms with Crippen LogP contribution in [0.15, 0.2) is 164 Å². The highest BCUT2D eigenvalue weighted by atomic mass is 15.0. The third kappa shape index (κ3) is 3.41. The Bertz CT molecular complexity index is 2650. The summed E-state index contributed by atoms with van der Waals surface area (Å²) in [5.41, 5.74) is 10.8. The second-order valence-corrected chi connectivity index (χ2v) is 11.8. The largest absolute Gasteiger partial charge is 0.309 e. The first-order chi connectivity index (χ1) is 22.3. The molecule has 0 N–H and O–H groups in total. The van der Waals surface area contributed by atoms with Gasteiger partial charge in [-0.05, 0) is 72.8 Å². The van der Waals surface area contributed by atoms with Crippen LogP contribution in [0.3, 0.4) is 0 Å². The fourth-order valence-corrected chi connectivity index (χ4v) is 7.53. The summed E-state index contributed by atoms with van der Waals surface area (Å²) < 4.78 is 7.17. The molecule has 3 aromatic heterocycles. The molecule has 45 heavy (non-hydrogen) atoms. The first-order valence-corrected chi connectivity index (χ1v) is 15.5. The summed E-state index contributed by atoms with van der Waals surface area (Å²) >= 11 is 0. The summed E-state index contributed by atoms with van der Waals surface area (Å²) in [6.07, 6.45) is 0. The van der Waals surface area contributed by atoms with E-state index in [1.165, 1.54) is 71.1 Å². The lowest BCUT2D eigenvalue weighted by Gasteiger charge is -2.12. The van der Waals surface area contributed by atoms with Crippen LogP contribution < -0.4 is 0 Å². The van der Waals surface area contributed by atoms with E-state index in [1.54, 1.807) is 0 Å². The lowest BCUT2D eigenvalue weighted by atomic mass is 10.1. The van der Waals surface area contributed by atoms with E-state index < -0.39 is 0 Å². The molecule has 0 aliphatic heterocycles. The zero-order chi connectivity index (χ0) is 29.5. The number of hydrogen-bond acceptors (Lipinski definition) is 0. The van der Waals surface area contributed by atoms with Crippen molar-refractivity contribution in [1.82, 2.24) is 13.7 Å². The molecule has 0 unspecified atom stereocenters. The fourth-order valence-electron chi connectivity index (χ4n) is 7.53. The standard InChI is InChI=1S/C42H27N3/c1-6-16-37-31(11-1)32-12-2-7-17-38(32)43(37)28-21-23-29(24-22-28)44-41-20-10-5-15-35(41)36-27-30(25-26-42(36)44)45-39-18-8-3-13-33(39)34-14-4-9-19-40(34)45/h1-27H. The molecule has 0 amide bonds. The lowest BCUT2D eigenvalue weighted by molar-refractivity contribution is 1.14. The van der Waals surface area contributed by atoms with E-state index in [0.717, 1.165) is 11.4 Å². The van der Waals surface area contributed by atoms with Crippen LogP contribution in [0.2, 0.25) is 0 Å². The molecular formula is C42H27N3. The van der Waals surface area contributed by atoms with E-state index in [-0.39, 0.29) is 0 Å². The predicted molar refractivity (Wildman–Crippen MR) is 189 cm³/mol. The number of fused-ring (bicyclic) bond motifs is 9. The number of benzene rings is 7. The van der Waals surface area contributed by atoms with Crippen molar-refractivity contribution in [2.75, 3.05) is 0 Å². The number of aromatic nitrogens is 3. The van der Waals surface area contributed by atoms with Crippen molar-refractivity contribution in [1.29, 1.82) is 0 Å². The Labute approximate surface area is 259 Å². The van der Waals surface area contributed by atoms with Crippen LogP contribution in [-0.4, -0.2) is 13.7 Å². The smallest absolute Gasteiger partial charge is 0.0542 e. The van der Waals surface area contributed by atoms with Crippen molar-refractivity contribution >= 4 is 65.4 Å². The van der Waals surface area contributed by atoms with Crippen molar-refractivity contribution in [3.63, 3.8) is 0 Å². The second-order valence-electron chi connectivity index (χ2n) is 11.8. The van der Waals surface area contributed by atoms with Crippen molar-refractivity contribution in [2.45, 2.75) is 0 Å². The van der Waals surface area contributed by atoms with Gasteiger partial charge in [-0.15, -0.1) is 0 Å². The molecule has 0 aliphatic carbocycles. The Morgan fingerprint density at radius 1 is 0.222 bits per heavy atom. The van der Waals surface area contributed by atoms with Gasteiger partial charge in [-0.2, -0.15) is 0 Å². The quantitative estimate of drug-likeness (QED) is 0.200. The Balaban J connectivity index is 1.17. The molecule has 0 spiro atoms. The summed E-state index contributed by atoms with van der Waals surface area (Å²) in [6.45, 7) is 0. The number of para-hydroxylation sites is 5. The molecule has 3 heteroatoms. The maximum atomic E-state index is 2.40. The number of hydrogen-bond donors (Lipinski definition) is 0. The van der Waals surface area contributed by atoms with Gasteiger partial charge in [0.25, 0.3) is 0 Å². The van der Waals surface area contributed by atoms with E-state index in [1.807, 2.05) is 0 Å². The molecule has 0 aliphatic rings. The van der Waals surface area contributed by atoms with Gasteiger partial charge in [-0.1, -0.05) is 91.0 Å². The van der Waals surface area contributed by atoms with Crippen LogP contribution in [0.4, 0.5) is 0 Å². The highest BCUT2D eigenvalue weighted by Crippen LogP contribution is 2.37. The molecule has 0 fully saturated rings. The molecule has 3 nitrogen and oxygen atoms in total. The second kappa shape index (κ2) is 9.22. The number of nitrogens with zero attached hydrogens (tertiary/aromatic N) is 3. The van der Waals surface area contributed by atoms with Gasteiger partial charge in [0.2, 0.25) is 0 Å². The molecule has 7 aromatic carbocycles. The van der Waals surface area contributed by atoms with E-state index in [9.17, 15) is 0 Å². The van der Waals surface area contributed by atoms with Gasteiger partial charge in [-0.25, -0.2) is 0 Å². The van der Waals surface area contributed by atoms with Crippen molar-refractivity contribution in [2.24, 2.45) is 0 Å². The summed E-state index contributed by atoms with van der Waals surface area (Å²) in [7, 11) is 0. The number of rotatable bonds is 3. The topological polar surface area (TPSA) is 14.8 Å². The van der Waals surface area contributed by atoms with Gasteiger partial charge < -0.3 is 13.7 Å². The molecule has 0 radical (unpaired) electrons. The molecule has 0 atom stereocenters. The Morgan fingerprint density at radius 3 is 0.867 bits per heavy atom. The molecule has 10 rings (SSSR count). The predicted octanol–water partition coefficient (Wildman–Crippen LogP) is 11.0. The van der Waals surface area contributed by atoms with Gasteiger partial charge in [0.1, 0.15) is 0 Å². The Kier molecular flexibility index (Phi) is 5.00. The average Bonchev–Trinajstić information content (AvgIpc) is 3.74. The molecule has 0 bridgehead atoms. The van der Waals surface area contributed by atoms with Gasteiger partial charge in [0.05, 0.1) is 33.1 Å². The maximum absolute atomic E-state index is 2.40. The summed E-state index contributed by atoms with van der Waals surface area (Å²) in [4.78, 5) is 0. The van der Waals surface area contributed by atoms with Gasteiger partial charge in [0, 0.05) is 49.4 Å². The van der Waals surface area contributed by atoms with E-state index in [4.69, 9.17) is 0 Å². The minimum Gasteiger partial charge on any atom is -0.309 e. The molecule has 10 aromatic rings. The monoisotopic (exact) mass is 573 g/mol. The van der Waals surface area contributed by atoms with E-state index in [0.29, 0.717) is 0 Å².